The topological polar surface area (TPSA) is 33.4 Å². The Bertz CT molecular complexity index is 936. The molecule has 1 fully saturated rings. The molecule has 0 spiro atoms. The second-order valence-corrected chi connectivity index (χ2v) is 7.68. The van der Waals surface area contributed by atoms with Gasteiger partial charge in [-0.2, -0.15) is 9.61 Å². The largest absolute Gasteiger partial charge is 0.356 e. The first kappa shape index (κ1) is 15.9. The third-order valence-corrected chi connectivity index (χ3v) is 5.90. The zero-order valence-corrected chi connectivity index (χ0v) is 15.5. The van der Waals surface area contributed by atoms with Crippen LogP contribution in [0.2, 0.25) is 0 Å². The Hall–Kier alpha value is -2.36. The summed E-state index contributed by atoms with van der Waals surface area (Å²) in [6.45, 7) is 4.41. The second kappa shape index (κ2) is 6.42. The normalized spacial score (nSPS) is 17.5. The highest BCUT2D eigenvalue weighted by molar-refractivity contribution is 5.81. The Morgan fingerprint density at radius 1 is 0.885 bits per heavy atom. The third kappa shape index (κ3) is 2.51. The Balaban J connectivity index is 1.79. The molecule has 3 aromatic rings. The Kier molecular flexibility index (Phi) is 3.92. The molecule has 2 aliphatic rings. The van der Waals surface area contributed by atoms with Gasteiger partial charge in [0.1, 0.15) is 5.82 Å². The van der Waals surface area contributed by atoms with Gasteiger partial charge in [-0.25, -0.2) is 4.98 Å². The highest BCUT2D eigenvalue weighted by Crippen LogP contribution is 2.36. The first-order chi connectivity index (χ1) is 12.8. The Morgan fingerprint density at radius 2 is 1.65 bits per heavy atom. The van der Waals surface area contributed by atoms with Gasteiger partial charge < -0.3 is 4.90 Å². The SMILES string of the molecule is Cc1nn2c(N3CCCCC3)c3c(nc2c1-c1ccccc1)CCCC3. The molecule has 1 aliphatic heterocycles. The van der Waals surface area contributed by atoms with Crippen LogP contribution < -0.4 is 4.90 Å². The van der Waals surface area contributed by atoms with Crippen molar-refractivity contribution in [2.75, 3.05) is 18.0 Å². The molecule has 4 heteroatoms. The highest BCUT2D eigenvalue weighted by Gasteiger charge is 2.26. The van der Waals surface area contributed by atoms with Crippen molar-refractivity contribution in [2.45, 2.75) is 51.9 Å². The molecule has 1 aromatic carbocycles. The lowest BCUT2D eigenvalue weighted by Crippen LogP contribution is -2.33. The Morgan fingerprint density at radius 3 is 2.46 bits per heavy atom. The van der Waals surface area contributed by atoms with Crippen molar-refractivity contribution in [3.63, 3.8) is 0 Å². The number of aryl methyl sites for hydroxylation is 2. The number of fused-ring (bicyclic) bond motifs is 2. The molecular formula is C22H26N4. The second-order valence-electron chi connectivity index (χ2n) is 7.68. The van der Waals surface area contributed by atoms with Gasteiger partial charge in [0.15, 0.2) is 5.65 Å². The van der Waals surface area contributed by atoms with E-state index in [1.165, 1.54) is 60.3 Å². The average Bonchev–Trinajstić information content (AvgIpc) is 3.02. The minimum absolute atomic E-state index is 1.04. The number of rotatable bonds is 2. The fourth-order valence-corrected chi connectivity index (χ4v) is 4.65. The van der Waals surface area contributed by atoms with Gasteiger partial charge >= 0.3 is 0 Å². The molecule has 134 valence electrons. The van der Waals surface area contributed by atoms with Crippen LogP contribution in [0.4, 0.5) is 5.82 Å². The summed E-state index contributed by atoms with van der Waals surface area (Å²) >= 11 is 0. The Labute approximate surface area is 154 Å². The number of anilines is 1. The molecule has 0 bridgehead atoms. The van der Waals surface area contributed by atoms with E-state index in [1.54, 1.807) is 0 Å². The highest BCUT2D eigenvalue weighted by atomic mass is 15.4. The summed E-state index contributed by atoms with van der Waals surface area (Å²) in [5, 5.41) is 4.99. The predicted molar refractivity (Wildman–Crippen MR) is 106 cm³/mol. The summed E-state index contributed by atoms with van der Waals surface area (Å²) in [6.07, 6.45) is 8.68. The van der Waals surface area contributed by atoms with E-state index in [0.717, 1.165) is 37.3 Å². The molecule has 1 aliphatic carbocycles. The quantitative estimate of drug-likeness (QED) is 0.681. The molecule has 2 aromatic heterocycles. The van der Waals surface area contributed by atoms with Crippen LogP contribution in [0.5, 0.6) is 0 Å². The molecule has 1 saturated heterocycles. The van der Waals surface area contributed by atoms with Gasteiger partial charge in [0.05, 0.1) is 5.69 Å². The van der Waals surface area contributed by atoms with Crippen molar-refractivity contribution in [3.8, 4) is 11.1 Å². The first-order valence-corrected chi connectivity index (χ1v) is 10.0. The zero-order chi connectivity index (χ0) is 17.5. The summed E-state index contributed by atoms with van der Waals surface area (Å²) in [7, 11) is 0. The van der Waals surface area contributed by atoms with Gasteiger partial charge in [-0.3, -0.25) is 0 Å². The number of piperidine rings is 1. The van der Waals surface area contributed by atoms with Gasteiger partial charge in [-0.05, 0) is 57.4 Å². The number of nitrogens with zero attached hydrogens (tertiary/aromatic N) is 4. The molecule has 0 amide bonds. The van der Waals surface area contributed by atoms with Crippen LogP contribution in [0.25, 0.3) is 16.8 Å². The van der Waals surface area contributed by atoms with E-state index in [0.29, 0.717) is 0 Å². The summed E-state index contributed by atoms with van der Waals surface area (Å²) in [5.41, 5.74) is 7.28. The first-order valence-electron chi connectivity index (χ1n) is 10.0. The van der Waals surface area contributed by atoms with E-state index < -0.39 is 0 Å². The fourth-order valence-electron chi connectivity index (χ4n) is 4.65. The maximum absolute atomic E-state index is 5.14. The van der Waals surface area contributed by atoms with E-state index in [4.69, 9.17) is 10.1 Å². The van der Waals surface area contributed by atoms with Crippen molar-refractivity contribution in [3.05, 3.63) is 47.3 Å². The lowest BCUT2D eigenvalue weighted by atomic mass is 9.95. The van der Waals surface area contributed by atoms with Crippen LogP contribution in [0.1, 0.15) is 49.1 Å². The van der Waals surface area contributed by atoms with Gasteiger partial charge in [0.25, 0.3) is 0 Å². The molecule has 4 nitrogen and oxygen atoms in total. The molecule has 3 heterocycles. The van der Waals surface area contributed by atoms with Gasteiger partial charge in [0, 0.05) is 29.9 Å². The molecule has 0 atom stereocenters. The van der Waals surface area contributed by atoms with E-state index in [-0.39, 0.29) is 0 Å². The zero-order valence-electron chi connectivity index (χ0n) is 15.5. The van der Waals surface area contributed by atoms with Crippen molar-refractivity contribution in [2.24, 2.45) is 0 Å². The van der Waals surface area contributed by atoms with E-state index >= 15 is 0 Å². The van der Waals surface area contributed by atoms with Crippen molar-refractivity contribution >= 4 is 11.5 Å². The molecule has 0 N–H and O–H groups in total. The molecule has 0 unspecified atom stereocenters. The molecule has 0 radical (unpaired) electrons. The van der Waals surface area contributed by atoms with Crippen LogP contribution in [-0.2, 0) is 12.8 Å². The van der Waals surface area contributed by atoms with Crippen molar-refractivity contribution in [1.82, 2.24) is 14.6 Å². The number of hydrogen-bond acceptors (Lipinski definition) is 3. The molecule has 26 heavy (non-hydrogen) atoms. The van der Waals surface area contributed by atoms with Crippen LogP contribution in [0.15, 0.2) is 30.3 Å². The summed E-state index contributed by atoms with van der Waals surface area (Å²) in [6, 6.07) is 10.6. The lowest BCUT2D eigenvalue weighted by Gasteiger charge is -2.32. The van der Waals surface area contributed by atoms with Gasteiger partial charge in [-0.15, -0.1) is 0 Å². The van der Waals surface area contributed by atoms with E-state index in [9.17, 15) is 0 Å². The summed E-state index contributed by atoms with van der Waals surface area (Å²) in [5.74, 6) is 1.33. The minimum Gasteiger partial charge on any atom is -0.356 e. The van der Waals surface area contributed by atoms with E-state index in [2.05, 4.69) is 46.7 Å². The molecule has 0 saturated carbocycles. The predicted octanol–water partition coefficient (Wildman–Crippen LogP) is 4.57. The van der Waals surface area contributed by atoms with Crippen molar-refractivity contribution < 1.29 is 0 Å². The smallest absolute Gasteiger partial charge is 0.165 e. The van der Waals surface area contributed by atoms with Gasteiger partial charge in [0.2, 0.25) is 0 Å². The van der Waals surface area contributed by atoms with Crippen LogP contribution in [0, 0.1) is 6.92 Å². The number of aromatic nitrogens is 3. The lowest BCUT2D eigenvalue weighted by molar-refractivity contribution is 0.560. The fraction of sp³-hybridized carbons (Fsp3) is 0.455. The van der Waals surface area contributed by atoms with Crippen molar-refractivity contribution in [1.29, 1.82) is 0 Å². The minimum atomic E-state index is 1.04. The van der Waals surface area contributed by atoms with Crippen LogP contribution in [-0.4, -0.2) is 27.7 Å². The van der Waals surface area contributed by atoms with Crippen LogP contribution in [0.3, 0.4) is 0 Å². The molecular weight excluding hydrogens is 320 g/mol. The third-order valence-electron chi connectivity index (χ3n) is 5.90. The monoisotopic (exact) mass is 346 g/mol. The van der Waals surface area contributed by atoms with Gasteiger partial charge in [-0.1, -0.05) is 30.3 Å². The summed E-state index contributed by atoms with van der Waals surface area (Å²) < 4.78 is 2.16. The molecule has 5 rings (SSSR count). The number of hydrogen-bond donors (Lipinski definition) is 0. The maximum Gasteiger partial charge on any atom is 0.165 e. The number of benzene rings is 1. The maximum atomic E-state index is 5.14. The van der Waals surface area contributed by atoms with Crippen LogP contribution >= 0.6 is 0 Å². The van der Waals surface area contributed by atoms with E-state index in [1.807, 2.05) is 0 Å². The summed E-state index contributed by atoms with van der Waals surface area (Å²) in [4.78, 5) is 7.72. The average molecular weight is 346 g/mol. The standard InChI is InChI=1S/C22H26N4/c1-16-20(17-10-4-2-5-11-17)21-23-19-13-7-6-12-18(19)22(26(21)24-16)25-14-8-3-9-15-25/h2,4-5,10-11H,3,6-9,12-15H2,1H3.